The smallest absolute Gasteiger partial charge is 0.335 e. The summed E-state index contributed by atoms with van der Waals surface area (Å²) < 4.78 is 8.95. The highest BCUT2D eigenvalue weighted by Crippen LogP contribution is 2.10. The summed E-state index contributed by atoms with van der Waals surface area (Å²) in [6, 6.07) is 0. The molecule has 13 heavy (non-hydrogen) atoms. The fourth-order valence-corrected chi connectivity index (χ4v) is 1.36. The van der Waals surface area contributed by atoms with Gasteiger partial charge in [-0.15, -0.1) is 0 Å². The maximum absolute atomic E-state index is 11.1. The Morgan fingerprint density at radius 1 is 1.15 bits per heavy atom. The number of halogens is 1. The van der Waals surface area contributed by atoms with E-state index in [1.165, 1.54) is 21.1 Å². The molecule has 5 heteroatoms. The van der Waals surface area contributed by atoms with Gasteiger partial charge in [0.25, 0.3) is 0 Å². The molecule has 0 spiro atoms. The molecule has 0 aliphatic heterocycles. The second-order valence-corrected chi connectivity index (χ2v) is 2.78. The molecule has 0 aromatic carbocycles. The van der Waals surface area contributed by atoms with Gasteiger partial charge in [0.15, 0.2) is 0 Å². The molecule has 0 bridgehead atoms. The van der Waals surface area contributed by atoms with E-state index in [0.717, 1.165) is 0 Å². The van der Waals surface area contributed by atoms with Crippen molar-refractivity contribution in [2.75, 3.05) is 19.5 Å². The number of ether oxygens (including phenoxy) is 2. The highest BCUT2D eigenvalue weighted by atomic mass is 79.9. The van der Waals surface area contributed by atoms with Gasteiger partial charge >= 0.3 is 11.9 Å². The van der Waals surface area contributed by atoms with Crippen LogP contribution in [0.3, 0.4) is 0 Å². The van der Waals surface area contributed by atoms with Gasteiger partial charge in [-0.25, -0.2) is 9.59 Å². The van der Waals surface area contributed by atoms with Crippen LogP contribution < -0.4 is 0 Å². The molecule has 0 atom stereocenters. The van der Waals surface area contributed by atoms with Crippen molar-refractivity contribution in [3.63, 3.8) is 0 Å². The standard InChI is InChI=1S/C8H11BrO4/c1-5(7(10)12-2)6(4-9)8(11)13-3/h4H2,1-3H3. The van der Waals surface area contributed by atoms with Crippen LogP contribution in [0.1, 0.15) is 6.92 Å². The molecule has 0 N–H and O–H groups in total. The Labute approximate surface area is 85.0 Å². The van der Waals surface area contributed by atoms with Crippen molar-refractivity contribution in [1.82, 2.24) is 0 Å². The minimum atomic E-state index is -0.528. The highest BCUT2D eigenvalue weighted by molar-refractivity contribution is 9.09. The summed E-state index contributed by atoms with van der Waals surface area (Å²) in [7, 11) is 2.52. The number of hydrogen-bond donors (Lipinski definition) is 0. The zero-order valence-electron chi connectivity index (χ0n) is 7.72. The van der Waals surface area contributed by atoms with Crippen molar-refractivity contribution >= 4 is 27.9 Å². The lowest BCUT2D eigenvalue weighted by molar-refractivity contribution is -0.139. The first-order chi connectivity index (χ1) is 6.08. The lowest BCUT2D eigenvalue weighted by Gasteiger charge is -2.05. The molecule has 0 saturated heterocycles. The van der Waals surface area contributed by atoms with E-state index in [1.54, 1.807) is 0 Å². The molecule has 0 saturated carbocycles. The van der Waals surface area contributed by atoms with E-state index in [0.29, 0.717) is 0 Å². The zero-order valence-corrected chi connectivity index (χ0v) is 9.30. The van der Waals surface area contributed by atoms with Crippen LogP contribution in [0.25, 0.3) is 0 Å². The lowest BCUT2D eigenvalue weighted by Crippen LogP contribution is -2.13. The summed E-state index contributed by atoms with van der Waals surface area (Å²) >= 11 is 3.09. The molecular weight excluding hydrogens is 240 g/mol. The molecule has 0 heterocycles. The summed E-state index contributed by atoms with van der Waals surface area (Å²) in [6.45, 7) is 1.51. The molecule has 0 aliphatic rings. The minimum Gasteiger partial charge on any atom is -0.466 e. The Hall–Kier alpha value is -0.840. The number of methoxy groups -OCH3 is 2. The second kappa shape index (κ2) is 5.75. The fourth-order valence-electron chi connectivity index (χ4n) is 0.707. The Kier molecular flexibility index (Phi) is 5.37. The predicted molar refractivity (Wildman–Crippen MR) is 50.5 cm³/mol. The summed E-state index contributed by atoms with van der Waals surface area (Å²) in [5.74, 6) is -1.06. The monoisotopic (exact) mass is 250 g/mol. The normalized spacial score (nSPS) is 11.7. The molecule has 0 rings (SSSR count). The van der Waals surface area contributed by atoms with Crippen LogP contribution in [0.15, 0.2) is 11.1 Å². The fraction of sp³-hybridized carbons (Fsp3) is 0.500. The van der Waals surface area contributed by atoms with E-state index < -0.39 is 11.9 Å². The molecule has 0 aromatic heterocycles. The van der Waals surface area contributed by atoms with Crippen LogP contribution in [0.4, 0.5) is 0 Å². The molecule has 0 radical (unpaired) electrons. The van der Waals surface area contributed by atoms with Crippen molar-refractivity contribution in [2.45, 2.75) is 6.92 Å². The molecule has 74 valence electrons. The van der Waals surface area contributed by atoms with Crippen LogP contribution in [-0.2, 0) is 19.1 Å². The first-order valence-corrected chi connectivity index (χ1v) is 4.63. The van der Waals surface area contributed by atoms with Crippen molar-refractivity contribution in [3.05, 3.63) is 11.1 Å². The Morgan fingerprint density at radius 2 is 1.62 bits per heavy atom. The zero-order chi connectivity index (χ0) is 10.4. The third-order valence-corrected chi connectivity index (χ3v) is 2.07. The van der Waals surface area contributed by atoms with E-state index in [9.17, 15) is 9.59 Å². The van der Waals surface area contributed by atoms with Crippen LogP contribution in [-0.4, -0.2) is 31.5 Å². The topological polar surface area (TPSA) is 52.6 Å². The minimum absolute atomic E-state index is 0.256. The summed E-state index contributed by atoms with van der Waals surface area (Å²) in [5, 5.41) is 0.264. The van der Waals surface area contributed by atoms with Gasteiger partial charge in [0, 0.05) is 10.9 Å². The predicted octanol–water partition coefficient (Wildman–Crippen LogP) is 1.04. The van der Waals surface area contributed by atoms with Gasteiger partial charge in [-0.05, 0) is 6.92 Å². The SMILES string of the molecule is COC(=O)C(C)=C(CBr)C(=O)OC. The molecule has 4 nitrogen and oxygen atoms in total. The van der Waals surface area contributed by atoms with Gasteiger partial charge in [0.2, 0.25) is 0 Å². The third-order valence-electron chi connectivity index (χ3n) is 1.51. The van der Waals surface area contributed by atoms with Crippen LogP contribution in [0, 0.1) is 0 Å². The van der Waals surface area contributed by atoms with Crippen LogP contribution >= 0.6 is 15.9 Å². The third kappa shape index (κ3) is 3.18. The van der Waals surface area contributed by atoms with Gasteiger partial charge in [-0.1, -0.05) is 15.9 Å². The molecule has 0 fully saturated rings. The van der Waals surface area contributed by atoms with Crippen molar-refractivity contribution in [1.29, 1.82) is 0 Å². The van der Waals surface area contributed by atoms with Crippen molar-refractivity contribution in [3.8, 4) is 0 Å². The number of rotatable bonds is 3. The second-order valence-electron chi connectivity index (χ2n) is 2.22. The van der Waals surface area contributed by atoms with Crippen molar-refractivity contribution < 1.29 is 19.1 Å². The van der Waals surface area contributed by atoms with Gasteiger partial charge in [-0.3, -0.25) is 0 Å². The van der Waals surface area contributed by atoms with Gasteiger partial charge < -0.3 is 9.47 Å². The van der Waals surface area contributed by atoms with Crippen molar-refractivity contribution in [2.24, 2.45) is 0 Å². The first kappa shape index (κ1) is 12.2. The number of alkyl halides is 1. The van der Waals surface area contributed by atoms with E-state index in [4.69, 9.17) is 0 Å². The molecule has 0 amide bonds. The van der Waals surface area contributed by atoms with Crippen LogP contribution in [0.2, 0.25) is 0 Å². The van der Waals surface area contributed by atoms with E-state index in [2.05, 4.69) is 25.4 Å². The molecular formula is C8H11BrO4. The van der Waals surface area contributed by atoms with Gasteiger partial charge in [0.05, 0.1) is 19.8 Å². The maximum atomic E-state index is 11.1. The van der Waals surface area contributed by atoms with E-state index in [1.807, 2.05) is 0 Å². The van der Waals surface area contributed by atoms with Gasteiger partial charge in [0.1, 0.15) is 0 Å². The largest absolute Gasteiger partial charge is 0.466 e. The number of carbonyl (C=O) groups excluding carboxylic acids is 2. The Bertz CT molecular complexity index is 245. The van der Waals surface area contributed by atoms with Crippen LogP contribution in [0.5, 0.6) is 0 Å². The number of carbonyl (C=O) groups is 2. The number of esters is 2. The highest BCUT2D eigenvalue weighted by Gasteiger charge is 2.17. The molecule has 0 aliphatic carbocycles. The Morgan fingerprint density at radius 3 is 1.92 bits per heavy atom. The van der Waals surface area contributed by atoms with Gasteiger partial charge in [-0.2, -0.15) is 0 Å². The molecule has 0 aromatic rings. The van der Waals surface area contributed by atoms with E-state index in [-0.39, 0.29) is 16.5 Å². The average Bonchev–Trinajstić information content (AvgIpc) is 2.17. The summed E-state index contributed by atoms with van der Waals surface area (Å²) in [4.78, 5) is 22.1. The summed E-state index contributed by atoms with van der Waals surface area (Å²) in [5.41, 5.74) is 0.528. The number of hydrogen-bond acceptors (Lipinski definition) is 4. The maximum Gasteiger partial charge on any atom is 0.335 e. The Balaban J connectivity index is 4.89. The van der Waals surface area contributed by atoms with E-state index >= 15 is 0 Å². The summed E-state index contributed by atoms with van der Waals surface area (Å²) in [6.07, 6.45) is 0. The molecule has 0 unspecified atom stereocenters. The first-order valence-electron chi connectivity index (χ1n) is 3.50. The quantitative estimate of drug-likeness (QED) is 0.427. The average molecular weight is 251 g/mol. The lowest BCUT2D eigenvalue weighted by atomic mass is 10.1.